The first-order valence-electron chi connectivity index (χ1n) is 6.52. The lowest BCUT2D eigenvalue weighted by Crippen LogP contribution is -2.10. The molecule has 3 nitrogen and oxygen atoms in total. The molecule has 0 fully saturated rings. The number of carbonyl (C=O) groups excluding carboxylic acids is 1. The van der Waals surface area contributed by atoms with Crippen molar-refractivity contribution >= 4 is 6.16 Å². The topological polar surface area (TPSA) is 35.5 Å². The van der Waals surface area contributed by atoms with Crippen molar-refractivity contribution in [2.45, 2.75) is 27.4 Å². The zero-order valence-electron chi connectivity index (χ0n) is 12.0. The largest absolute Gasteiger partial charge is 0.514 e. The average Bonchev–Trinajstić information content (AvgIpc) is 2.43. The maximum Gasteiger partial charge on any atom is 0.514 e. The molecule has 0 saturated heterocycles. The number of benzene rings is 2. The Hall–Kier alpha value is -2.29. The van der Waals surface area contributed by atoms with Gasteiger partial charge in [-0.25, -0.2) is 4.79 Å². The summed E-state index contributed by atoms with van der Waals surface area (Å²) >= 11 is 0. The summed E-state index contributed by atoms with van der Waals surface area (Å²) in [7, 11) is 0. The van der Waals surface area contributed by atoms with Gasteiger partial charge in [0, 0.05) is 0 Å². The quantitative estimate of drug-likeness (QED) is 0.615. The van der Waals surface area contributed by atoms with Crippen molar-refractivity contribution in [3.8, 4) is 5.75 Å². The van der Waals surface area contributed by atoms with Crippen LogP contribution in [0.4, 0.5) is 4.79 Å². The smallest absolute Gasteiger partial charge is 0.429 e. The van der Waals surface area contributed by atoms with Crippen LogP contribution in [0.5, 0.6) is 5.75 Å². The van der Waals surface area contributed by atoms with E-state index >= 15 is 0 Å². The van der Waals surface area contributed by atoms with Gasteiger partial charge >= 0.3 is 6.16 Å². The molecule has 0 radical (unpaired) electrons. The van der Waals surface area contributed by atoms with E-state index in [0.717, 1.165) is 16.7 Å². The van der Waals surface area contributed by atoms with Gasteiger partial charge < -0.3 is 9.47 Å². The lowest BCUT2D eigenvalue weighted by molar-refractivity contribution is 0.0927. The van der Waals surface area contributed by atoms with Crippen LogP contribution in [0, 0.1) is 20.8 Å². The average molecular weight is 270 g/mol. The molecule has 0 aliphatic carbocycles. The first-order valence-corrected chi connectivity index (χ1v) is 6.52. The molecule has 2 aromatic carbocycles. The number of carbonyl (C=O) groups is 1. The fourth-order valence-electron chi connectivity index (χ4n) is 1.90. The van der Waals surface area contributed by atoms with E-state index in [-0.39, 0.29) is 6.61 Å². The van der Waals surface area contributed by atoms with Gasteiger partial charge in [0.05, 0.1) is 0 Å². The molecule has 0 aliphatic heterocycles. The highest BCUT2D eigenvalue weighted by molar-refractivity contribution is 5.64. The molecule has 0 spiro atoms. The minimum absolute atomic E-state index is 0.212. The van der Waals surface area contributed by atoms with Crippen LogP contribution in [-0.2, 0) is 11.3 Å². The standard InChI is InChI=1S/C17H18O3/c1-12-9-16(10-13(2)14(12)3)20-17(18)19-11-15-7-5-4-6-8-15/h4-10H,11H2,1-3H3. The van der Waals surface area contributed by atoms with Crippen molar-refractivity contribution in [1.29, 1.82) is 0 Å². The van der Waals surface area contributed by atoms with Crippen LogP contribution in [0.25, 0.3) is 0 Å². The third-order valence-corrected chi connectivity index (χ3v) is 3.30. The van der Waals surface area contributed by atoms with Crippen LogP contribution in [0.2, 0.25) is 0 Å². The lowest BCUT2D eigenvalue weighted by Gasteiger charge is -2.10. The van der Waals surface area contributed by atoms with Crippen molar-refractivity contribution < 1.29 is 14.3 Å². The molecular formula is C17H18O3. The van der Waals surface area contributed by atoms with Gasteiger partial charge in [0.25, 0.3) is 0 Å². The Balaban J connectivity index is 1.95. The second-order valence-corrected chi connectivity index (χ2v) is 4.81. The van der Waals surface area contributed by atoms with Gasteiger partial charge in [0.15, 0.2) is 0 Å². The molecule has 0 amide bonds. The van der Waals surface area contributed by atoms with Gasteiger partial charge in [-0.3, -0.25) is 0 Å². The summed E-state index contributed by atoms with van der Waals surface area (Å²) in [5, 5.41) is 0. The SMILES string of the molecule is Cc1cc(OC(=O)OCc2ccccc2)cc(C)c1C. The summed E-state index contributed by atoms with van der Waals surface area (Å²) in [6.45, 7) is 6.24. The Kier molecular flexibility index (Phi) is 4.41. The predicted octanol–water partition coefficient (Wildman–Crippen LogP) is 4.33. The monoisotopic (exact) mass is 270 g/mol. The van der Waals surface area contributed by atoms with Gasteiger partial charge in [0.2, 0.25) is 0 Å². The predicted molar refractivity (Wildman–Crippen MR) is 77.9 cm³/mol. The van der Waals surface area contributed by atoms with Gasteiger partial charge in [-0.15, -0.1) is 0 Å². The molecule has 20 heavy (non-hydrogen) atoms. The maximum atomic E-state index is 11.6. The lowest BCUT2D eigenvalue weighted by atomic mass is 10.0. The molecule has 2 rings (SSSR count). The zero-order valence-corrected chi connectivity index (χ0v) is 12.0. The van der Waals surface area contributed by atoms with Gasteiger partial charge in [0.1, 0.15) is 12.4 Å². The van der Waals surface area contributed by atoms with E-state index in [1.807, 2.05) is 63.2 Å². The summed E-state index contributed by atoms with van der Waals surface area (Å²) < 4.78 is 10.3. The molecule has 0 atom stereocenters. The Morgan fingerprint density at radius 2 is 1.60 bits per heavy atom. The van der Waals surface area contributed by atoms with Crippen molar-refractivity contribution in [2.75, 3.05) is 0 Å². The summed E-state index contributed by atoms with van der Waals surface area (Å²) in [5.74, 6) is 0.517. The van der Waals surface area contributed by atoms with Crippen LogP contribution in [-0.4, -0.2) is 6.16 Å². The minimum Gasteiger partial charge on any atom is -0.429 e. The second kappa shape index (κ2) is 6.24. The van der Waals surface area contributed by atoms with Crippen LogP contribution in [0.1, 0.15) is 22.3 Å². The first-order chi connectivity index (χ1) is 9.56. The molecule has 104 valence electrons. The minimum atomic E-state index is -0.684. The Bertz CT molecular complexity index is 580. The van der Waals surface area contributed by atoms with Crippen molar-refractivity contribution in [3.05, 3.63) is 64.7 Å². The van der Waals surface area contributed by atoms with Crippen molar-refractivity contribution in [3.63, 3.8) is 0 Å². The number of hydrogen-bond donors (Lipinski definition) is 0. The molecule has 0 unspecified atom stereocenters. The van der Waals surface area contributed by atoms with Gasteiger partial charge in [-0.1, -0.05) is 30.3 Å². The van der Waals surface area contributed by atoms with E-state index in [0.29, 0.717) is 5.75 Å². The second-order valence-electron chi connectivity index (χ2n) is 4.81. The Morgan fingerprint density at radius 3 is 2.20 bits per heavy atom. The normalized spacial score (nSPS) is 10.2. The molecule has 2 aromatic rings. The summed E-state index contributed by atoms with van der Waals surface area (Å²) in [5.41, 5.74) is 4.32. The summed E-state index contributed by atoms with van der Waals surface area (Å²) in [6, 6.07) is 13.2. The molecule has 0 aromatic heterocycles. The summed E-state index contributed by atoms with van der Waals surface area (Å²) in [4.78, 5) is 11.6. The van der Waals surface area contributed by atoms with E-state index in [4.69, 9.17) is 9.47 Å². The Labute approximate surface area is 119 Å². The van der Waals surface area contributed by atoms with Crippen molar-refractivity contribution in [1.82, 2.24) is 0 Å². The highest BCUT2D eigenvalue weighted by Gasteiger charge is 2.08. The summed E-state index contributed by atoms with van der Waals surface area (Å²) in [6.07, 6.45) is -0.684. The molecule has 0 saturated carbocycles. The molecule has 0 aliphatic rings. The fraction of sp³-hybridized carbons (Fsp3) is 0.235. The molecule has 0 heterocycles. The Morgan fingerprint density at radius 1 is 1.00 bits per heavy atom. The van der Waals surface area contributed by atoms with Crippen LogP contribution in [0.15, 0.2) is 42.5 Å². The van der Waals surface area contributed by atoms with E-state index in [2.05, 4.69) is 0 Å². The fourth-order valence-corrected chi connectivity index (χ4v) is 1.90. The van der Waals surface area contributed by atoms with E-state index in [9.17, 15) is 4.79 Å². The third-order valence-electron chi connectivity index (χ3n) is 3.30. The number of ether oxygens (including phenoxy) is 2. The van der Waals surface area contributed by atoms with Crippen LogP contribution < -0.4 is 4.74 Å². The van der Waals surface area contributed by atoms with E-state index in [1.165, 1.54) is 5.56 Å². The molecule has 0 bridgehead atoms. The van der Waals surface area contributed by atoms with E-state index < -0.39 is 6.16 Å². The zero-order chi connectivity index (χ0) is 14.5. The van der Waals surface area contributed by atoms with Crippen LogP contribution >= 0.6 is 0 Å². The van der Waals surface area contributed by atoms with Crippen LogP contribution in [0.3, 0.4) is 0 Å². The highest BCUT2D eigenvalue weighted by Crippen LogP contribution is 2.21. The number of aryl methyl sites for hydroxylation is 2. The van der Waals surface area contributed by atoms with Crippen molar-refractivity contribution in [2.24, 2.45) is 0 Å². The third kappa shape index (κ3) is 3.60. The number of rotatable bonds is 3. The number of hydrogen-bond acceptors (Lipinski definition) is 3. The molecule has 0 N–H and O–H groups in total. The maximum absolute atomic E-state index is 11.6. The van der Waals surface area contributed by atoms with Gasteiger partial charge in [-0.05, 0) is 55.2 Å². The highest BCUT2D eigenvalue weighted by atomic mass is 16.7. The molecular weight excluding hydrogens is 252 g/mol. The van der Waals surface area contributed by atoms with Gasteiger partial charge in [-0.2, -0.15) is 0 Å². The van der Waals surface area contributed by atoms with E-state index in [1.54, 1.807) is 0 Å². The molecule has 3 heteroatoms. The first kappa shape index (κ1) is 14.1.